The lowest BCUT2D eigenvalue weighted by Crippen LogP contribution is -2.23. The van der Waals surface area contributed by atoms with Gasteiger partial charge in [-0.3, -0.25) is 4.98 Å². The van der Waals surface area contributed by atoms with Crippen molar-refractivity contribution < 1.29 is 0 Å². The number of hydrogen-bond donors (Lipinski definition) is 1. The number of aryl methyl sites for hydroxylation is 1. The van der Waals surface area contributed by atoms with Gasteiger partial charge in [0.15, 0.2) is 0 Å². The molecule has 0 saturated heterocycles. The van der Waals surface area contributed by atoms with Crippen LogP contribution in [0.15, 0.2) is 18.3 Å². The van der Waals surface area contributed by atoms with Gasteiger partial charge in [0.2, 0.25) is 0 Å². The first-order chi connectivity index (χ1) is 8.29. The predicted molar refractivity (Wildman–Crippen MR) is 72.7 cm³/mol. The summed E-state index contributed by atoms with van der Waals surface area (Å²) in [5, 5.41) is 3.58. The van der Waals surface area contributed by atoms with Crippen molar-refractivity contribution in [1.82, 2.24) is 10.3 Å². The van der Waals surface area contributed by atoms with Crippen LogP contribution in [0.3, 0.4) is 0 Å². The molecule has 0 radical (unpaired) electrons. The van der Waals surface area contributed by atoms with Crippen LogP contribution in [0.5, 0.6) is 0 Å². The van der Waals surface area contributed by atoms with Crippen LogP contribution in [0.4, 0.5) is 0 Å². The maximum absolute atomic E-state index is 4.36. The Labute approximate surface area is 105 Å². The molecule has 0 amide bonds. The topological polar surface area (TPSA) is 24.9 Å². The fourth-order valence-electron chi connectivity index (χ4n) is 1.89. The zero-order chi connectivity index (χ0) is 12.5. The van der Waals surface area contributed by atoms with Gasteiger partial charge in [-0.1, -0.05) is 13.0 Å². The lowest BCUT2D eigenvalue weighted by Gasteiger charge is -2.19. The van der Waals surface area contributed by atoms with Crippen LogP contribution in [0.2, 0.25) is 0 Å². The molecule has 1 unspecified atom stereocenters. The lowest BCUT2D eigenvalue weighted by atomic mass is 10.0. The second-order valence-electron chi connectivity index (χ2n) is 4.15. The summed E-state index contributed by atoms with van der Waals surface area (Å²) in [5.74, 6) is 6.09. The van der Waals surface area contributed by atoms with Crippen molar-refractivity contribution in [2.24, 2.45) is 0 Å². The molecule has 0 aliphatic carbocycles. The molecule has 1 rings (SSSR count). The zero-order valence-corrected chi connectivity index (χ0v) is 11.1. The van der Waals surface area contributed by atoms with E-state index in [1.165, 1.54) is 5.56 Å². The van der Waals surface area contributed by atoms with E-state index in [0.29, 0.717) is 6.04 Å². The first kappa shape index (κ1) is 13.7. The monoisotopic (exact) mass is 230 g/mol. The van der Waals surface area contributed by atoms with E-state index in [1.807, 2.05) is 19.2 Å². The molecule has 0 saturated carbocycles. The molecule has 0 aliphatic heterocycles. The molecular formula is C15H22N2. The number of nitrogens with one attached hydrogen (secondary N) is 1. The Morgan fingerprint density at radius 1 is 1.47 bits per heavy atom. The Kier molecular flexibility index (Phi) is 6.35. The molecule has 0 aliphatic rings. The molecule has 0 aromatic carbocycles. The first-order valence-electron chi connectivity index (χ1n) is 6.34. The Balaban J connectivity index is 2.73. The van der Waals surface area contributed by atoms with E-state index in [1.54, 1.807) is 0 Å². The van der Waals surface area contributed by atoms with Gasteiger partial charge in [0, 0.05) is 24.4 Å². The van der Waals surface area contributed by atoms with Gasteiger partial charge in [0.05, 0.1) is 0 Å². The first-order valence-corrected chi connectivity index (χ1v) is 6.34. The smallest absolute Gasteiger partial charge is 0.0420 e. The maximum atomic E-state index is 4.36. The number of pyridine rings is 1. The Morgan fingerprint density at radius 3 is 2.94 bits per heavy atom. The third kappa shape index (κ3) is 4.58. The molecule has 0 spiro atoms. The standard InChI is InChI=1S/C15H22N2/c1-4-6-7-10-15(17-11-5-2)14-9-8-12-16-13(14)3/h8-9,12,15,17H,5,7,10-11H2,1-3H3. The molecule has 1 aromatic rings. The van der Waals surface area contributed by atoms with Crippen molar-refractivity contribution in [1.29, 1.82) is 0 Å². The molecular weight excluding hydrogens is 208 g/mol. The van der Waals surface area contributed by atoms with Gasteiger partial charge in [0.1, 0.15) is 0 Å². The maximum Gasteiger partial charge on any atom is 0.0420 e. The minimum absolute atomic E-state index is 0.379. The number of hydrogen-bond acceptors (Lipinski definition) is 2. The largest absolute Gasteiger partial charge is 0.310 e. The number of rotatable bonds is 6. The highest BCUT2D eigenvalue weighted by Gasteiger charge is 2.12. The van der Waals surface area contributed by atoms with Crippen LogP contribution in [0.1, 0.15) is 50.4 Å². The Morgan fingerprint density at radius 2 is 2.29 bits per heavy atom. The predicted octanol–water partition coefficient (Wildman–Crippen LogP) is 3.23. The van der Waals surface area contributed by atoms with Gasteiger partial charge in [-0.15, -0.1) is 11.8 Å². The van der Waals surface area contributed by atoms with Crippen molar-refractivity contribution in [2.75, 3.05) is 6.54 Å². The van der Waals surface area contributed by atoms with Crippen molar-refractivity contribution in [3.8, 4) is 11.8 Å². The van der Waals surface area contributed by atoms with E-state index in [9.17, 15) is 0 Å². The van der Waals surface area contributed by atoms with Crippen molar-refractivity contribution in [3.05, 3.63) is 29.6 Å². The molecule has 2 heteroatoms. The van der Waals surface area contributed by atoms with Gasteiger partial charge in [-0.2, -0.15) is 0 Å². The molecule has 1 N–H and O–H groups in total. The van der Waals surface area contributed by atoms with Gasteiger partial charge < -0.3 is 5.32 Å². The Bertz CT molecular complexity index is 387. The molecule has 2 nitrogen and oxygen atoms in total. The van der Waals surface area contributed by atoms with Crippen molar-refractivity contribution >= 4 is 0 Å². The summed E-state index contributed by atoms with van der Waals surface area (Å²) in [5.41, 5.74) is 2.42. The summed E-state index contributed by atoms with van der Waals surface area (Å²) < 4.78 is 0. The SMILES string of the molecule is CC#CCCC(NCCC)c1cccnc1C. The average Bonchev–Trinajstić information content (AvgIpc) is 2.35. The summed E-state index contributed by atoms with van der Waals surface area (Å²) in [6.07, 6.45) is 4.98. The van der Waals surface area contributed by atoms with Gasteiger partial charge >= 0.3 is 0 Å². The number of aromatic nitrogens is 1. The van der Waals surface area contributed by atoms with Crippen LogP contribution in [-0.4, -0.2) is 11.5 Å². The second kappa shape index (κ2) is 7.86. The van der Waals surface area contributed by atoms with E-state index in [4.69, 9.17) is 0 Å². The molecule has 0 fully saturated rings. The summed E-state index contributed by atoms with van der Waals surface area (Å²) in [4.78, 5) is 4.36. The highest BCUT2D eigenvalue weighted by atomic mass is 14.9. The lowest BCUT2D eigenvalue weighted by molar-refractivity contribution is 0.502. The molecule has 1 heterocycles. The van der Waals surface area contributed by atoms with Gasteiger partial charge in [-0.05, 0) is 44.9 Å². The van der Waals surface area contributed by atoms with Gasteiger partial charge in [0.25, 0.3) is 0 Å². The minimum Gasteiger partial charge on any atom is -0.310 e. The highest BCUT2D eigenvalue weighted by Crippen LogP contribution is 2.20. The Hall–Kier alpha value is -1.33. The molecule has 1 atom stereocenters. The van der Waals surface area contributed by atoms with E-state index in [2.05, 4.69) is 42.1 Å². The molecule has 92 valence electrons. The minimum atomic E-state index is 0.379. The normalized spacial score (nSPS) is 11.7. The van der Waals surface area contributed by atoms with E-state index < -0.39 is 0 Å². The van der Waals surface area contributed by atoms with Crippen LogP contribution >= 0.6 is 0 Å². The van der Waals surface area contributed by atoms with Gasteiger partial charge in [-0.25, -0.2) is 0 Å². The fraction of sp³-hybridized carbons (Fsp3) is 0.533. The second-order valence-corrected chi connectivity index (χ2v) is 4.15. The molecule has 1 aromatic heterocycles. The van der Waals surface area contributed by atoms with Crippen molar-refractivity contribution in [3.63, 3.8) is 0 Å². The molecule has 0 bridgehead atoms. The highest BCUT2D eigenvalue weighted by molar-refractivity contribution is 5.22. The van der Waals surface area contributed by atoms with E-state index in [-0.39, 0.29) is 0 Å². The molecule has 17 heavy (non-hydrogen) atoms. The summed E-state index contributed by atoms with van der Waals surface area (Å²) in [6, 6.07) is 4.55. The summed E-state index contributed by atoms with van der Waals surface area (Å²) in [7, 11) is 0. The van der Waals surface area contributed by atoms with Crippen LogP contribution in [-0.2, 0) is 0 Å². The summed E-state index contributed by atoms with van der Waals surface area (Å²) in [6.45, 7) is 7.19. The van der Waals surface area contributed by atoms with Crippen LogP contribution in [0.25, 0.3) is 0 Å². The van der Waals surface area contributed by atoms with E-state index >= 15 is 0 Å². The fourth-order valence-corrected chi connectivity index (χ4v) is 1.89. The van der Waals surface area contributed by atoms with Crippen molar-refractivity contribution in [2.45, 2.75) is 46.1 Å². The zero-order valence-electron chi connectivity index (χ0n) is 11.1. The van der Waals surface area contributed by atoms with E-state index in [0.717, 1.165) is 31.5 Å². The number of nitrogens with zero attached hydrogens (tertiary/aromatic N) is 1. The average molecular weight is 230 g/mol. The quantitative estimate of drug-likeness (QED) is 0.759. The van der Waals surface area contributed by atoms with Crippen LogP contribution < -0.4 is 5.32 Å². The van der Waals surface area contributed by atoms with Crippen LogP contribution in [0, 0.1) is 18.8 Å². The third-order valence-corrected chi connectivity index (χ3v) is 2.80. The third-order valence-electron chi connectivity index (χ3n) is 2.80. The summed E-state index contributed by atoms with van der Waals surface area (Å²) >= 11 is 0.